The highest BCUT2D eigenvalue weighted by Crippen LogP contribution is 2.35. The molecule has 0 aliphatic carbocycles. The molecule has 23 heavy (non-hydrogen) atoms. The first kappa shape index (κ1) is 17.6. The molecule has 1 aromatic rings. The van der Waals surface area contributed by atoms with E-state index in [9.17, 15) is 18.5 Å². The Morgan fingerprint density at radius 1 is 1.26 bits per heavy atom. The van der Waals surface area contributed by atoms with E-state index >= 15 is 0 Å². The van der Waals surface area contributed by atoms with Crippen LogP contribution in [0.2, 0.25) is 0 Å². The van der Waals surface area contributed by atoms with Crippen LogP contribution in [0.5, 0.6) is 0 Å². The van der Waals surface area contributed by atoms with Gasteiger partial charge in [-0.15, -0.1) is 0 Å². The maximum absolute atomic E-state index is 11.8. The molecule has 0 spiro atoms. The smallest absolute Gasteiger partial charge is 0.311 e. The lowest BCUT2D eigenvalue weighted by Crippen LogP contribution is -2.47. The predicted octanol–water partition coefficient (Wildman–Crippen LogP) is 0.767. The highest BCUT2D eigenvalue weighted by Gasteiger charge is 2.30. The van der Waals surface area contributed by atoms with E-state index in [4.69, 9.17) is 4.74 Å². The zero-order chi connectivity index (χ0) is 17.0. The Morgan fingerprint density at radius 2 is 1.91 bits per heavy atom. The Kier molecular flexibility index (Phi) is 5.55. The quantitative estimate of drug-likeness (QED) is 0.556. The van der Waals surface area contributed by atoms with Gasteiger partial charge < -0.3 is 9.64 Å². The van der Waals surface area contributed by atoms with E-state index in [-0.39, 0.29) is 10.6 Å². The van der Waals surface area contributed by atoms with Gasteiger partial charge in [-0.05, 0) is 12.1 Å². The molecule has 0 N–H and O–H groups in total. The third kappa shape index (κ3) is 4.18. The number of benzene rings is 1. The number of ether oxygens (including phenoxy) is 1. The average Bonchev–Trinajstić information content (AvgIpc) is 2.51. The molecule has 1 aromatic carbocycles. The topological polar surface area (TPSA) is 93.0 Å². The van der Waals surface area contributed by atoms with Crippen molar-refractivity contribution in [2.45, 2.75) is 4.90 Å². The Balaban J connectivity index is 2.26. The van der Waals surface area contributed by atoms with Gasteiger partial charge in [0.05, 0.1) is 11.5 Å². The minimum Gasteiger partial charge on any atom is -0.383 e. The van der Waals surface area contributed by atoms with Crippen molar-refractivity contribution >= 4 is 21.2 Å². The van der Waals surface area contributed by atoms with Crippen molar-refractivity contribution in [1.29, 1.82) is 0 Å². The van der Waals surface area contributed by atoms with Crippen LogP contribution in [-0.4, -0.2) is 70.9 Å². The van der Waals surface area contributed by atoms with Gasteiger partial charge >= 0.3 is 5.69 Å². The van der Waals surface area contributed by atoms with Crippen molar-refractivity contribution in [1.82, 2.24) is 4.90 Å². The van der Waals surface area contributed by atoms with Crippen LogP contribution in [0.25, 0.3) is 0 Å². The molecule has 0 radical (unpaired) electrons. The maximum atomic E-state index is 11.8. The molecular formula is C14H21N3O5S. The molecule has 2 rings (SSSR count). The highest BCUT2D eigenvalue weighted by atomic mass is 32.2. The van der Waals surface area contributed by atoms with Gasteiger partial charge in [0.25, 0.3) is 0 Å². The number of para-hydroxylation sites is 1. The summed E-state index contributed by atoms with van der Waals surface area (Å²) in [4.78, 5) is 14.7. The minimum absolute atomic E-state index is 0.234. The first-order valence-corrected chi connectivity index (χ1v) is 9.17. The molecule has 0 amide bonds. The fraction of sp³-hybridized carbons (Fsp3) is 0.571. The Hall–Kier alpha value is -1.71. The van der Waals surface area contributed by atoms with Gasteiger partial charge in [-0.25, -0.2) is 8.42 Å². The van der Waals surface area contributed by atoms with Crippen LogP contribution in [0.4, 0.5) is 11.4 Å². The fourth-order valence-electron chi connectivity index (χ4n) is 2.68. The largest absolute Gasteiger partial charge is 0.383 e. The van der Waals surface area contributed by atoms with E-state index in [0.717, 1.165) is 25.9 Å². The first-order chi connectivity index (χ1) is 10.8. The standard InChI is InChI=1S/C14H21N3O5S/c1-22-11-10-15-6-8-16(9-7-15)12-4-3-5-13(23(2,20)21)14(12)17(18)19/h3-5H,6-11H2,1-2H3. The number of rotatable bonds is 6. The van der Waals surface area contributed by atoms with Crippen LogP contribution >= 0.6 is 0 Å². The second-order valence-corrected chi connectivity index (χ2v) is 7.46. The lowest BCUT2D eigenvalue weighted by atomic mass is 10.2. The van der Waals surface area contributed by atoms with E-state index in [1.165, 1.54) is 6.07 Å². The van der Waals surface area contributed by atoms with Gasteiger partial charge in [-0.1, -0.05) is 6.07 Å². The molecule has 1 aliphatic heterocycles. The zero-order valence-corrected chi connectivity index (χ0v) is 14.1. The van der Waals surface area contributed by atoms with Crippen LogP contribution < -0.4 is 4.90 Å². The summed E-state index contributed by atoms with van der Waals surface area (Å²) in [5.41, 5.74) is 0.0321. The average molecular weight is 343 g/mol. The van der Waals surface area contributed by atoms with E-state index in [1.54, 1.807) is 19.2 Å². The SMILES string of the molecule is COCCN1CCN(c2cccc(S(C)(=O)=O)c2[N+](=O)[O-])CC1. The summed E-state index contributed by atoms with van der Waals surface area (Å²) in [6.45, 7) is 4.18. The number of piperazine rings is 1. The third-order valence-electron chi connectivity index (χ3n) is 3.88. The van der Waals surface area contributed by atoms with Crippen molar-refractivity contribution in [2.24, 2.45) is 0 Å². The molecule has 0 saturated carbocycles. The summed E-state index contributed by atoms with van der Waals surface area (Å²) in [5, 5.41) is 11.4. The van der Waals surface area contributed by atoms with Gasteiger partial charge in [0.2, 0.25) is 0 Å². The summed E-state index contributed by atoms with van der Waals surface area (Å²) in [7, 11) is -2.01. The second-order valence-electron chi connectivity index (χ2n) is 5.47. The second kappa shape index (κ2) is 7.24. The molecule has 0 atom stereocenters. The minimum atomic E-state index is -3.66. The Labute approximate surface area is 135 Å². The molecular weight excluding hydrogens is 322 g/mol. The van der Waals surface area contributed by atoms with Gasteiger partial charge in [0, 0.05) is 46.1 Å². The normalized spacial score (nSPS) is 16.5. The van der Waals surface area contributed by atoms with Crippen molar-refractivity contribution in [3.63, 3.8) is 0 Å². The first-order valence-electron chi connectivity index (χ1n) is 7.28. The summed E-state index contributed by atoms with van der Waals surface area (Å²) >= 11 is 0. The van der Waals surface area contributed by atoms with Crippen molar-refractivity contribution < 1.29 is 18.1 Å². The maximum Gasteiger partial charge on any atom is 0.311 e. The molecule has 9 heteroatoms. The number of methoxy groups -OCH3 is 1. The molecule has 8 nitrogen and oxygen atoms in total. The van der Waals surface area contributed by atoms with Gasteiger partial charge in [-0.2, -0.15) is 0 Å². The molecule has 1 aliphatic rings. The van der Waals surface area contributed by atoms with Crippen LogP contribution in [0.1, 0.15) is 0 Å². The van der Waals surface area contributed by atoms with E-state index in [0.29, 0.717) is 25.4 Å². The van der Waals surface area contributed by atoms with E-state index in [1.807, 2.05) is 4.90 Å². The summed E-state index contributed by atoms with van der Waals surface area (Å²) in [5.74, 6) is 0. The molecule has 1 heterocycles. The van der Waals surface area contributed by atoms with Crippen molar-refractivity contribution in [3.8, 4) is 0 Å². The van der Waals surface area contributed by atoms with Gasteiger partial charge in [0.15, 0.2) is 9.84 Å². The molecule has 0 bridgehead atoms. The summed E-state index contributed by atoms with van der Waals surface area (Å²) in [6.07, 6.45) is 0.988. The zero-order valence-electron chi connectivity index (χ0n) is 13.3. The molecule has 0 aromatic heterocycles. The van der Waals surface area contributed by atoms with Crippen LogP contribution in [-0.2, 0) is 14.6 Å². The number of nitrogens with zero attached hydrogens (tertiary/aromatic N) is 3. The monoisotopic (exact) mass is 343 g/mol. The lowest BCUT2D eigenvalue weighted by molar-refractivity contribution is -0.387. The predicted molar refractivity (Wildman–Crippen MR) is 86.7 cm³/mol. The third-order valence-corrected chi connectivity index (χ3v) is 5.01. The molecule has 1 saturated heterocycles. The van der Waals surface area contributed by atoms with Crippen LogP contribution in [0.15, 0.2) is 23.1 Å². The fourth-order valence-corrected chi connectivity index (χ4v) is 3.54. The number of anilines is 1. The number of hydrogen-bond acceptors (Lipinski definition) is 7. The van der Waals surface area contributed by atoms with E-state index < -0.39 is 14.8 Å². The lowest BCUT2D eigenvalue weighted by Gasteiger charge is -2.35. The molecule has 1 fully saturated rings. The summed E-state index contributed by atoms with van der Waals surface area (Å²) in [6, 6.07) is 4.44. The van der Waals surface area contributed by atoms with Crippen molar-refractivity contribution in [3.05, 3.63) is 28.3 Å². The molecule has 0 unspecified atom stereocenters. The Bertz CT molecular complexity index is 669. The highest BCUT2D eigenvalue weighted by molar-refractivity contribution is 7.90. The number of sulfone groups is 1. The number of nitro groups is 1. The van der Waals surface area contributed by atoms with Gasteiger partial charge in [-0.3, -0.25) is 15.0 Å². The van der Waals surface area contributed by atoms with E-state index in [2.05, 4.69) is 4.90 Å². The summed E-state index contributed by atoms with van der Waals surface area (Å²) < 4.78 is 28.7. The molecule has 128 valence electrons. The van der Waals surface area contributed by atoms with Crippen LogP contribution in [0.3, 0.4) is 0 Å². The van der Waals surface area contributed by atoms with Crippen molar-refractivity contribution in [2.75, 3.05) is 57.6 Å². The van der Waals surface area contributed by atoms with Gasteiger partial charge in [0.1, 0.15) is 10.6 Å². The van der Waals surface area contributed by atoms with Crippen LogP contribution in [0, 0.1) is 10.1 Å². The number of nitro benzene ring substituents is 1. The number of hydrogen-bond donors (Lipinski definition) is 0. The Morgan fingerprint density at radius 3 is 2.43 bits per heavy atom.